The van der Waals surface area contributed by atoms with Gasteiger partial charge in [0, 0.05) is 12.2 Å². The van der Waals surface area contributed by atoms with Crippen LogP contribution in [0, 0.1) is 0 Å². The molecule has 0 amide bonds. The number of Topliss-reactive ketones (excluding diaryl/α,β-unsaturated/α-hetero) is 1. The van der Waals surface area contributed by atoms with Gasteiger partial charge in [-0.25, -0.2) is 0 Å². The Kier molecular flexibility index (Phi) is 4.65. The fourth-order valence-corrected chi connectivity index (χ4v) is 2.67. The molecule has 0 saturated heterocycles. The fourth-order valence-electron chi connectivity index (χ4n) is 1.92. The summed E-state index contributed by atoms with van der Waals surface area (Å²) in [4.78, 5) is 13.0. The van der Waals surface area contributed by atoms with Crippen LogP contribution in [0.25, 0.3) is 0 Å². The van der Waals surface area contributed by atoms with Gasteiger partial charge in [0.1, 0.15) is 4.88 Å². The Morgan fingerprint density at radius 3 is 2.80 bits per heavy atom. The monoisotopic (exact) mass is 292 g/mol. The van der Waals surface area contributed by atoms with Crippen molar-refractivity contribution in [2.24, 2.45) is 0 Å². The first-order valence-electron chi connectivity index (χ1n) is 6.92. The molecule has 0 aliphatic heterocycles. The van der Waals surface area contributed by atoms with Crippen molar-refractivity contribution in [3.05, 3.63) is 28.5 Å². The van der Waals surface area contributed by atoms with E-state index in [1.807, 2.05) is 30.8 Å². The summed E-state index contributed by atoms with van der Waals surface area (Å²) >= 11 is 1.18. The van der Waals surface area contributed by atoms with Gasteiger partial charge in [-0.05, 0) is 36.9 Å². The van der Waals surface area contributed by atoms with Crippen LogP contribution in [0.15, 0.2) is 12.3 Å². The predicted octanol–water partition coefficient (Wildman–Crippen LogP) is 3.25. The first-order chi connectivity index (χ1) is 9.52. The van der Waals surface area contributed by atoms with Crippen LogP contribution >= 0.6 is 11.5 Å². The number of ketones is 1. The summed E-state index contributed by atoms with van der Waals surface area (Å²) in [5, 5.41) is 8.51. The number of carbonyl (C=O) groups is 1. The smallest absolute Gasteiger partial charge is 0.182 e. The van der Waals surface area contributed by atoms with Crippen LogP contribution in [0.1, 0.15) is 67.1 Å². The molecule has 2 aromatic heterocycles. The molecule has 5 nitrogen and oxygen atoms in total. The minimum Gasteiger partial charge on any atom is -0.293 e. The number of rotatable bonds is 6. The Morgan fingerprint density at radius 1 is 1.40 bits per heavy atom. The van der Waals surface area contributed by atoms with E-state index in [2.05, 4.69) is 28.5 Å². The van der Waals surface area contributed by atoms with Gasteiger partial charge in [0.25, 0.3) is 0 Å². The zero-order valence-electron chi connectivity index (χ0n) is 12.3. The van der Waals surface area contributed by atoms with Gasteiger partial charge in [-0.15, -0.1) is 5.10 Å². The standard InChI is InChI=1S/C14H20N4OS/c1-5-10(4)18-7-6-11(16-18)8-12(19)14-13(9(2)3)15-17-20-14/h6-7,9-10H,5,8H2,1-4H3. The molecule has 0 saturated carbocycles. The lowest BCUT2D eigenvalue weighted by Gasteiger charge is -2.08. The molecule has 108 valence electrons. The molecule has 1 atom stereocenters. The van der Waals surface area contributed by atoms with E-state index in [1.54, 1.807) is 0 Å². The number of carbonyl (C=O) groups excluding carboxylic acids is 1. The summed E-state index contributed by atoms with van der Waals surface area (Å²) in [5.74, 6) is 0.267. The van der Waals surface area contributed by atoms with E-state index >= 15 is 0 Å². The maximum Gasteiger partial charge on any atom is 0.182 e. The van der Waals surface area contributed by atoms with Crippen molar-refractivity contribution in [3.63, 3.8) is 0 Å². The van der Waals surface area contributed by atoms with Gasteiger partial charge < -0.3 is 0 Å². The summed E-state index contributed by atoms with van der Waals surface area (Å²) in [6.45, 7) is 8.27. The molecule has 0 radical (unpaired) electrons. The summed E-state index contributed by atoms with van der Waals surface area (Å²) in [5.41, 5.74) is 1.60. The highest BCUT2D eigenvalue weighted by Crippen LogP contribution is 2.21. The second-order valence-corrected chi connectivity index (χ2v) is 6.04. The van der Waals surface area contributed by atoms with Gasteiger partial charge in [-0.1, -0.05) is 25.3 Å². The minimum atomic E-state index is 0.0538. The highest BCUT2D eigenvalue weighted by Gasteiger charge is 2.19. The first kappa shape index (κ1) is 14.8. The molecular weight excluding hydrogens is 272 g/mol. The zero-order chi connectivity index (χ0) is 14.7. The summed E-state index contributed by atoms with van der Waals surface area (Å²) < 4.78 is 5.81. The van der Waals surface area contributed by atoms with Gasteiger partial charge in [-0.2, -0.15) is 5.10 Å². The van der Waals surface area contributed by atoms with Gasteiger partial charge in [0.2, 0.25) is 0 Å². The van der Waals surface area contributed by atoms with E-state index in [9.17, 15) is 4.79 Å². The predicted molar refractivity (Wildman–Crippen MR) is 79.3 cm³/mol. The van der Waals surface area contributed by atoms with Crippen molar-refractivity contribution in [1.29, 1.82) is 0 Å². The number of hydrogen-bond donors (Lipinski definition) is 0. The van der Waals surface area contributed by atoms with Gasteiger partial charge in [0.05, 0.1) is 17.8 Å². The molecule has 0 fully saturated rings. The molecule has 2 rings (SSSR count). The lowest BCUT2D eigenvalue weighted by atomic mass is 10.1. The Balaban J connectivity index is 2.11. The highest BCUT2D eigenvalue weighted by molar-refractivity contribution is 7.08. The fraction of sp³-hybridized carbons (Fsp3) is 0.571. The van der Waals surface area contributed by atoms with Crippen LogP contribution in [0.5, 0.6) is 0 Å². The summed E-state index contributed by atoms with van der Waals surface area (Å²) in [7, 11) is 0. The topological polar surface area (TPSA) is 60.7 Å². The van der Waals surface area contributed by atoms with E-state index in [-0.39, 0.29) is 11.7 Å². The third kappa shape index (κ3) is 3.12. The molecule has 20 heavy (non-hydrogen) atoms. The Bertz CT molecular complexity index is 588. The molecule has 0 aliphatic carbocycles. The average Bonchev–Trinajstić information content (AvgIpc) is 3.06. The van der Waals surface area contributed by atoms with E-state index in [1.165, 1.54) is 11.5 Å². The van der Waals surface area contributed by atoms with Crippen molar-refractivity contribution in [2.45, 2.75) is 52.5 Å². The van der Waals surface area contributed by atoms with E-state index in [0.29, 0.717) is 17.3 Å². The highest BCUT2D eigenvalue weighted by atomic mass is 32.1. The summed E-state index contributed by atoms with van der Waals surface area (Å²) in [6, 6.07) is 2.27. The van der Waals surface area contributed by atoms with Crippen LogP contribution in [-0.4, -0.2) is 25.2 Å². The number of nitrogens with zero attached hydrogens (tertiary/aromatic N) is 4. The lowest BCUT2D eigenvalue weighted by Crippen LogP contribution is -2.08. The molecule has 2 heterocycles. The van der Waals surface area contributed by atoms with Gasteiger partial charge >= 0.3 is 0 Å². The molecule has 6 heteroatoms. The van der Waals surface area contributed by atoms with Crippen molar-refractivity contribution in [1.82, 2.24) is 19.4 Å². The average molecular weight is 292 g/mol. The van der Waals surface area contributed by atoms with Crippen LogP contribution in [0.4, 0.5) is 0 Å². The summed E-state index contributed by atoms with van der Waals surface area (Å²) in [6.07, 6.45) is 3.27. The molecule has 0 aliphatic rings. The van der Waals surface area contributed by atoms with Crippen molar-refractivity contribution >= 4 is 17.3 Å². The van der Waals surface area contributed by atoms with Crippen molar-refractivity contribution in [2.75, 3.05) is 0 Å². The second kappa shape index (κ2) is 6.26. The quantitative estimate of drug-likeness (QED) is 0.767. The molecule has 0 aromatic carbocycles. The Morgan fingerprint density at radius 2 is 2.15 bits per heavy atom. The maximum atomic E-state index is 12.3. The number of aromatic nitrogens is 4. The molecular formula is C14H20N4OS. The molecule has 0 bridgehead atoms. The molecule has 2 aromatic rings. The van der Waals surface area contributed by atoms with Gasteiger partial charge in [0.15, 0.2) is 5.78 Å². The van der Waals surface area contributed by atoms with E-state index in [0.717, 1.165) is 17.8 Å². The van der Waals surface area contributed by atoms with Crippen LogP contribution in [0.2, 0.25) is 0 Å². The molecule has 1 unspecified atom stereocenters. The SMILES string of the molecule is CCC(C)n1ccc(CC(=O)c2snnc2C(C)C)n1. The van der Waals surface area contributed by atoms with Gasteiger partial charge in [-0.3, -0.25) is 9.48 Å². The van der Waals surface area contributed by atoms with Crippen LogP contribution in [0.3, 0.4) is 0 Å². The third-order valence-corrected chi connectivity index (χ3v) is 4.14. The number of hydrogen-bond acceptors (Lipinski definition) is 5. The largest absolute Gasteiger partial charge is 0.293 e. The maximum absolute atomic E-state index is 12.3. The molecule has 0 spiro atoms. The molecule has 0 N–H and O–H groups in total. The van der Waals surface area contributed by atoms with Crippen molar-refractivity contribution in [3.8, 4) is 0 Å². The second-order valence-electron chi connectivity index (χ2n) is 5.29. The first-order valence-corrected chi connectivity index (χ1v) is 7.69. The Hall–Kier alpha value is -1.56. The van der Waals surface area contributed by atoms with Crippen LogP contribution in [-0.2, 0) is 6.42 Å². The zero-order valence-corrected chi connectivity index (χ0v) is 13.1. The van der Waals surface area contributed by atoms with E-state index in [4.69, 9.17) is 0 Å². The lowest BCUT2D eigenvalue weighted by molar-refractivity contribution is 0.0994. The van der Waals surface area contributed by atoms with E-state index < -0.39 is 0 Å². The third-order valence-electron chi connectivity index (χ3n) is 3.36. The Labute approximate surface area is 123 Å². The normalized spacial score (nSPS) is 12.8. The van der Waals surface area contributed by atoms with Crippen LogP contribution < -0.4 is 0 Å². The van der Waals surface area contributed by atoms with Crippen molar-refractivity contribution < 1.29 is 4.79 Å². The minimum absolute atomic E-state index is 0.0538.